The number of benzene rings is 1. The van der Waals surface area contributed by atoms with E-state index in [0.29, 0.717) is 42.4 Å². The summed E-state index contributed by atoms with van der Waals surface area (Å²) < 4.78 is 60.5. The van der Waals surface area contributed by atoms with E-state index in [1.165, 1.54) is 35.5 Å². The monoisotopic (exact) mass is 838 g/mol. The lowest BCUT2D eigenvalue weighted by atomic mass is 9.91. The first-order valence-corrected chi connectivity index (χ1v) is 22.3. The second-order valence-corrected chi connectivity index (χ2v) is 20.1. The van der Waals surface area contributed by atoms with E-state index < -0.39 is 67.7 Å². The van der Waals surface area contributed by atoms with Crippen molar-refractivity contribution >= 4 is 55.8 Å². The molecule has 2 aromatic heterocycles. The Morgan fingerprint density at radius 3 is 2.57 bits per heavy atom. The molecular weight excluding hydrogens is 788 g/mol. The highest BCUT2D eigenvalue weighted by atomic mass is 32.2. The summed E-state index contributed by atoms with van der Waals surface area (Å²) in [6.45, 7) is 7.08. The van der Waals surface area contributed by atoms with E-state index in [0.717, 1.165) is 17.7 Å². The summed E-state index contributed by atoms with van der Waals surface area (Å²) in [5.74, 6) is -2.64. The van der Waals surface area contributed by atoms with Crippen molar-refractivity contribution in [2.45, 2.75) is 121 Å². The van der Waals surface area contributed by atoms with Gasteiger partial charge in [0.15, 0.2) is 17.3 Å². The molecule has 2 N–H and O–H groups in total. The van der Waals surface area contributed by atoms with Crippen molar-refractivity contribution in [3.63, 3.8) is 0 Å². The number of sulfonamides is 1. The van der Waals surface area contributed by atoms with Gasteiger partial charge < -0.3 is 24.4 Å². The molecule has 1 saturated heterocycles. The Hall–Kier alpha value is -4.57. The molecule has 312 valence electrons. The van der Waals surface area contributed by atoms with Crippen LogP contribution in [-0.2, 0) is 24.4 Å². The minimum atomic E-state index is -3.98. The molecule has 3 amide bonds. The third-order valence-electron chi connectivity index (χ3n) is 11.8. The quantitative estimate of drug-likeness (QED) is 0.225. The predicted octanol–water partition coefficient (Wildman–Crippen LogP) is 6.17. The summed E-state index contributed by atoms with van der Waals surface area (Å²) in [7, 11) is -2.65. The summed E-state index contributed by atoms with van der Waals surface area (Å²) in [6.07, 6.45) is 6.98. The van der Waals surface area contributed by atoms with Crippen LogP contribution in [0.4, 0.5) is 4.39 Å². The molecular formula is C42H51FN4O9S2. The van der Waals surface area contributed by atoms with E-state index in [1.807, 2.05) is 39.0 Å². The Balaban J connectivity index is 1.23. The number of ether oxygens (including phenoxy) is 3. The topological polar surface area (TPSA) is 170 Å². The number of thiophene rings is 1. The van der Waals surface area contributed by atoms with Gasteiger partial charge in [-0.05, 0) is 96.4 Å². The number of halogens is 1. The highest BCUT2D eigenvalue weighted by molar-refractivity contribution is 7.91. The van der Waals surface area contributed by atoms with E-state index in [9.17, 15) is 32.0 Å². The Labute approximate surface area is 342 Å². The van der Waals surface area contributed by atoms with Crippen LogP contribution in [0.3, 0.4) is 0 Å². The van der Waals surface area contributed by atoms with Crippen molar-refractivity contribution in [2.24, 2.45) is 11.3 Å². The molecule has 13 nitrogen and oxygen atoms in total. The minimum Gasteiger partial charge on any atom is -0.491 e. The third-order valence-corrected chi connectivity index (χ3v) is 15.0. The number of ketones is 1. The van der Waals surface area contributed by atoms with Gasteiger partial charge in [0.25, 0.3) is 5.91 Å². The molecule has 2 aliphatic heterocycles. The molecule has 2 saturated carbocycles. The summed E-state index contributed by atoms with van der Waals surface area (Å²) in [4.78, 5) is 64.3. The lowest BCUT2D eigenvalue weighted by Crippen LogP contribution is -2.52. The first-order chi connectivity index (χ1) is 27.5. The molecule has 1 aromatic carbocycles. The van der Waals surface area contributed by atoms with E-state index >= 15 is 0 Å². The van der Waals surface area contributed by atoms with Crippen molar-refractivity contribution in [2.75, 3.05) is 13.7 Å². The highest BCUT2D eigenvalue weighted by Gasteiger charge is 2.62. The number of rotatable bonds is 10. The van der Waals surface area contributed by atoms with E-state index in [2.05, 4.69) is 15.0 Å². The summed E-state index contributed by atoms with van der Waals surface area (Å²) in [6, 6.07) is 5.84. The Morgan fingerprint density at radius 1 is 1.10 bits per heavy atom. The van der Waals surface area contributed by atoms with Crippen molar-refractivity contribution in [1.82, 2.24) is 19.9 Å². The second-order valence-electron chi connectivity index (χ2n) is 16.6. The fraction of sp³-hybridized carbons (Fsp3) is 0.548. The number of methoxy groups -OCH3 is 1. The molecule has 0 unspecified atom stereocenters. The van der Waals surface area contributed by atoms with Crippen LogP contribution < -0.4 is 24.2 Å². The standard InChI is InChI=1S/C42H51FN4O9S2/c1-24(2)55-35-20-33(28-14-15-29(43)37(54-5)36(28)45-35)56-27-19-31-32(48)22-42(40(51)46-58(52,53)41(4)17-18-41)21-26(42)11-9-7-6-8-10-12-30(39(50)47(31)23-27)44-38(49)34-16-13-25(3)57-34/h9,11,13-16,20,24,26-27,30-31H,6-8,10,12,17-19,21-23H2,1-5H3,(H,44,49)(H,46,51)/b11-9-/t26-,27-,30+,31+,42-/m1/s1. The molecule has 58 heavy (non-hydrogen) atoms. The van der Waals surface area contributed by atoms with Crippen molar-refractivity contribution in [3.05, 3.63) is 58.1 Å². The van der Waals surface area contributed by atoms with Gasteiger partial charge in [0, 0.05) is 29.2 Å². The first kappa shape index (κ1) is 41.6. The lowest BCUT2D eigenvalue weighted by Gasteiger charge is -2.29. The number of fused-ring (bicyclic) bond motifs is 3. The number of hydrogen-bond donors (Lipinski definition) is 2. The van der Waals surface area contributed by atoms with Crippen LogP contribution in [-0.4, -0.2) is 84.5 Å². The number of carbonyl (C=O) groups is 4. The maximum absolute atomic E-state index is 14.9. The van der Waals surface area contributed by atoms with Crippen LogP contribution in [0.15, 0.2) is 42.5 Å². The molecule has 4 heterocycles. The number of aryl methyl sites for hydroxylation is 1. The van der Waals surface area contributed by atoms with Gasteiger partial charge in [-0.3, -0.25) is 23.9 Å². The van der Waals surface area contributed by atoms with E-state index in [4.69, 9.17) is 14.2 Å². The van der Waals surface area contributed by atoms with Crippen LogP contribution in [0, 0.1) is 24.1 Å². The number of Topliss-reactive ketones (excluding diaryl/α,β-unsaturated/α-hetero) is 1. The fourth-order valence-electron chi connectivity index (χ4n) is 8.04. The Kier molecular flexibility index (Phi) is 11.6. The summed E-state index contributed by atoms with van der Waals surface area (Å²) in [5, 5.41) is 3.37. The number of carbonyl (C=O) groups excluding carboxylic acids is 4. The van der Waals surface area contributed by atoms with Gasteiger partial charge in [-0.15, -0.1) is 11.3 Å². The highest BCUT2D eigenvalue weighted by Crippen LogP contribution is 2.57. The van der Waals surface area contributed by atoms with Gasteiger partial charge in [0.05, 0.1) is 40.8 Å². The summed E-state index contributed by atoms with van der Waals surface area (Å²) in [5.41, 5.74) is -1.15. The first-order valence-electron chi connectivity index (χ1n) is 20.0. The largest absolute Gasteiger partial charge is 0.491 e. The van der Waals surface area contributed by atoms with Gasteiger partial charge >= 0.3 is 0 Å². The summed E-state index contributed by atoms with van der Waals surface area (Å²) >= 11 is 1.32. The van der Waals surface area contributed by atoms with Crippen LogP contribution in [0.25, 0.3) is 10.9 Å². The number of aromatic nitrogens is 1. The zero-order chi connectivity index (χ0) is 41.6. The maximum atomic E-state index is 14.9. The van der Waals surface area contributed by atoms with Gasteiger partial charge in [0.2, 0.25) is 27.7 Å². The van der Waals surface area contributed by atoms with Gasteiger partial charge in [-0.25, -0.2) is 17.8 Å². The minimum absolute atomic E-state index is 0.0342. The Morgan fingerprint density at radius 2 is 1.88 bits per heavy atom. The number of pyridine rings is 1. The zero-order valence-corrected chi connectivity index (χ0v) is 35.1. The van der Waals surface area contributed by atoms with Crippen molar-refractivity contribution in [1.29, 1.82) is 0 Å². The van der Waals surface area contributed by atoms with Gasteiger partial charge in [-0.2, -0.15) is 0 Å². The fourth-order valence-corrected chi connectivity index (χ4v) is 10.1. The molecule has 5 atom stereocenters. The molecule has 0 spiro atoms. The number of nitrogens with one attached hydrogen (secondary N) is 2. The van der Waals surface area contributed by atoms with Crippen molar-refractivity contribution < 1.29 is 46.2 Å². The molecule has 16 heteroatoms. The third kappa shape index (κ3) is 8.45. The maximum Gasteiger partial charge on any atom is 0.262 e. The van der Waals surface area contributed by atoms with Crippen LogP contribution in [0.2, 0.25) is 0 Å². The number of hydrogen-bond acceptors (Lipinski definition) is 11. The number of allylic oxidation sites excluding steroid dienone is 2. The molecule has 4 aliphatic rings. The van der Waals surface area contributed by atoms with Crippen LogP contribution in [0.5, 0.6) is 17.4 Å². The lowest BCUT2D eigenvalue weighted by molar-refractivity contribution is -0.140. The SMILES string of the molecule is COc1c(F)ccc2c(O[C@@H]3C[C@H]4C(=O)C[C@]5(C(=O)NS(=O)(=O)C6(C)CC6)C[C@H]5/C=C\CCCCC[C@H](NC(=O)c5ccc(C)s5)C(=O)N4C3)cc(OC(C)C)nc12. The molecule has 3 fully saturated rings. The average molecular weight is 839 g/mol. The molecule has 0 bridgehead atoms. The molecule has 3 aromatic rings. The Bertz CT molecular complexity index is 2250. The van der Waals surface area contributed by atoms with Gasteiger partial charge in [0.1, 0.15) is 23.4 Å². The normalized spacial score (nSPS) is 26.5. The van der Waals surface area contributed by atoms with Crippen molar-refractivity contribution in [3.8, 4) is 17.4 Å². The second kappa shape index (κ2) is 16.2. The van der Waals surface area contributed by atoms with E-state index in [-0.39, 0.29) is 60.7 Å². The van der Waals surface area contributed by atoms with Crippen LogP contribution >= 0.6 is 11.3 Å². The average Bonchev–Trinajstić information content (AvgIpc) is 3.96. The molecule has 7 rings (SSSR count). The molecule has 2 aliphatic carbocycles. The number of nitrogens with zero attached hydrogens (tertiary/aromatic N) is 2. The molecule has 0 radical (unpaired) electrons. The predicted molar refractivity (Wildman–Crippen MR) is 216 cm³/mol. The number of amides is 3. The van der Waals surface area contributed by atoms with Gasteiger partial charge in [-0.1, -0.05) is 25.0 Å². The van der Waals surface area contributed by atoms with Crippen LogP contribution in [0.1, 0.15) is 99.5 Å². The zero-order valence-electron chi connectivity index (χ0n) is 33.5. The smallest absolute Gasteiger partial charge is 0.262 e. The van der Waals surface area contributed by atoms with E-state index in [1.54, 1.807) is 19.1 Å².